The van der Waals surface area contributed by atoms with Gasteiger partial charge in [0.25, 0.3) is 0 Å². The average Bonchev–Trinajstić information content (AvgIpc) is 2.42. The van der Waals surface area contributed by atoms with Crippen LogP contribution < -0.4 is 0 Å². The SMILES string of the molecule is Cc1cc(CC(=O)COCC(F)(F)F)n(C)n1. The zero-order valence-electron chi connectivity index (χ0n) is 9.54. The van der Waals surface area contributed by atoms with Crippen LogP contribution in [0.2, 0.25) is 0 Å². The number of halogens is 3. The quantitative estimate of drug-likeness (QED) is 0.793. The van der Waals surface area contributed by atoms with Crippen molar-refractivity contribution in [1.82, 2.24) is 9.78 Å². The molecule has 4 nitrogen and oxygen atoms in total. The maximum atomic E-state index is 11.7. The van der Waals surface area contributed by atoms with Crippen molar-refractivity contribution in [2.45, 2.75) is 19.5 Å². The Morgan fingerprint density at radius 3 is 2.65 bits per heavy atom. The first-order valence-electron chi connectivity index (χ1n) is 4.93. The van der Waals surface area contributed by atoms with Crippen molar-refractivity contribution in [1.29, 1.82) is 0 Å². The van der Waals surface area contributed by atoms with E-state index in [-0.39, 0.29) is 6.42 Å². The van der Waals surface area contributed by atoms with Gasteiger partial charge >= 0.3 is 6.18 Å². The lowest BCUT2D eigenvalue weighted by molar-refractivity contribution is -0.175. The third-order valence-corrected chi connectivity index (χ3v) is 2.01. The van der Waals surface area contributed by atoms with E-state index in [0.717, 1.165) is 5.69 Å². The van der Waals surface area contributed by atoms with Crippen molar-refractivity contribution in [2.75, 3.05) is 13.2 Å². The fraction of sp³-hybridized carbons (Fsp3) is 0.600. The van der Waals surface area contributed by atoms with Crippen molar-refractivity contribution in [3.63, 3.8) is 0 Å². The summed E-state index contributed by atoms with van der Waals surface area (Å²) in [5.41, 5.74) is 1.41. The van der Waals surface area contributed by atoms with Gasteiger partial charge in [-0.3, -0.25) is 9.48 Å². The number of nitrogens with zero attached hydrogens (tertiary/aromatic N) is 2. The van der Waals surface area contributed by atoms with Gasteiger partial charge < -0.3 is 4.74 Å². The lowest BCUT2D eigenvalue weighted by atomic mass is 10.2. The minimum atomic E-state index is -4.40. The number of aromatic nitrogens is 2. The number of alkyl halides is 3. The molecule has 0 saturated heterocycles. The van der Waals surface area contributed by atoms with E-state index in [0.29, 0.717) is 5.69 Å². The molecular weight excluding hydrogens is 237 g/mol. The molecule has 0 radical (unpaired) electrons. The molecule has 1 aromatic rings. The third-order valence-electron chi connectivity index (χ3n) is 2.01. The van der Waals surface area contributed by atoms with E-state index < -0.39 is 25.2 Å². The maximum Gasteiger partial charge on any atom is 0.411 e. The van der Waals surface area contributed by atoms with E-state index >= 15 is 0 Å². The van der Waals surface area contributed by atoms with Crippen LogP contribution in [0.1, 0.15) is 11.4 Å². The highest BCUT2D eigenvalue weighted by Crippen LogP contribution is 2.14. The monoisotopic (exact) mass is 250 g/mol. The van der Waals surface area contributed by atoms with Crippen LogP contribution in [0.5, 0.6) is 0 Å². The van der Waals surface area contributed by atoms with Gasteiger partial charge in [0.15, 0.2) is 5.78 Å². The van der Waals surface area contributed by atoms with Gasteiger partial charge in [0, 0.05) is 12.7 Å². The molecule has 0 aliphatic carbocycles. The number of carbonyl (C=O) groups is 1. The van der Waals surface area contributed by atoms with Crippen molar-refractivity contribution < 1.29 is 22.7 Å². The van der Waals surface area contributed by atoms with Gasteiger partial charge in [-0.2, -0.15) is 18.3 Å². The Morgan fingerprint density at radius 1 is 1.53 bits per heavy atom. The van der Waals surface area contributed by atoms with E-state index in [1.165, 1.54) is 4.68 Å². The van der Waals surface area contributed by atoms with E-state index in [9.17, 15) is 18.0 Å². The first-order chi connectivity index (χ1) is 7.78. The van der Waals surface area contributed by atoms with Gasteiger partial charge in [0.1, 0.15) is 13.2 Å². The molecule has 0 bridgehead atoms. The van der Waals surface area contributed by atoms with Gasteiger partial charge in [-0.05, 0) is 13.0 Å². The van der Waals surface area contributed by atoms with Crippen LogP contribution in [-0.4, -0.2) is 35.0 Å². The van der Waals surface area contributed by atoms with E-state index in [1.807, 2.05) is 0 Å². The first-order valence-corrected chi connectivity index (χ1v) is 4.93. The first kappa shape index (κ1) is 13.7. The van der Waals surface area contributed by atoms with E-state index in [2.05, 4.69) is 9.84 Å². The number of hydrogen-bond acceptors (Lipinski definition) is 3. The molecule has 0 aliphatic heterocycles. The van der Waals surface area contributed by atoms with Crippen LogP contribution in [0.3, 0.4) is 0 Å². The molecule has 1 rings (SSSR count). The van der Waals surface area contributed by atoms with Crippen LogP contribution in [0.25, 0.3) is 0 Å². The number of Topliss-reactive ketones (excluding diaryl/α,β-unsaturated/α-hetero) is 1. The average molecular weight is 250 g/mol. The molecule has 0 unspecified atom stereocenters. The van der Waals surface area contributed by atoms with Gasteiger partial charge in [-0.15, -0.1) is 0 Å². The summed E-state index contributed by atoms with van der Waals surface area (Å²) < 4.78 is 41.0. The normalized spacial score (nSPS) is 11.8. The minimum absolute atomic E-state index is 0.0230. The van der Waals surface area contributed by atoms with Crippen LogP contribution in [-0.2, 0) is 23.0 Å². The highest BCUT2D eigenvalue weighted by atomic mass is 19.4. The van der Waals surface area contributed by atoms with E-state index in [4.69, 9.17) is 0 Å². The summed E-state index contributed by atoms with van der Waals surface area (Å²) in [6, 6.07) is 1.71. The number of hydrogen-bond donors (Lipinski definition) is 0. The number of ether oxygens (including phenoxy) is 1. The molecule has 0 atom stereocenters. The highest BCUT2D eigenvalue weighted by Gasteiger charge is 2.27. The Bertz CT molecular complexity index is 399. The fourth-order valence-corrected chi connectivity index (χ4v) is 1.36. The Balaban J connectivity index is 2.38. The molecule has 7 heteroatoms. The number of ketones is 1. The largest absolute Gasteiger partial charge is 0.411 e. The van der Waals surface area contributed by atoms with Gasteiger partial charge in [-0.1, -0.05) is 0 Å². The van der Waals surface area contributed by atoms with Gasteiger partial charge in [0.05, 0.1) is 12.1 Å². The summed E-state index contributed by atoms with van der Waals surface area (Å²) in [4.78, 5) is 11.3. The summed E-state index contributed by atoms with van der Waals surface area (Å²) in [5, 5.41) is 4.03. The van der Waals surface area contributed by atoms with Gasteiger partial charge in [0.2, 0.25) is 0 Å². The van der Waals surface area contributed by atoms with Crippen LogP contribution >= 0.6 is 0 Å². The molecule has 0 spiro atoms. The van der Waals surface area contributed by atoms with Crippen LogP contribution in [0.4, 0.5) is 13.2 Å². The summed E-state index contributed by atoms with van der Waals surface area (Å²) in [6.07, 6.45) is -4.38. The molecule has 96 valence electrons. The maximum absolute atomic E-state index is 11.7. The Morgan fingerprint density at radius 2 is 2.18 bits per heavy atom. The molecule has 1 aromatic heterocycles. The van der Waals surface area contributed by atoms with Crippen molar-refractivity contribution in [3.8, 4) is 0 Å². The van der Waals surface area contributed by atoms with Gasteiger partial charge in [-0.25, -0.2) is 0 Å². The number of aryl methyl sites for hydroxylation is 2. The molecule has 0 amide bonds. The molecule has 17 heavy (non-hydrogen) atoms. The smallest absolute Gasteiger partial charge is 0.364 e. The van der Waals surface area contributed by atoms with Crippen molar-refractivity contribution in [3.05, 3.63) is 17.5 Å². The molecule has 1 heterocycles. The fourth-order valence-electron chi connectivity index (χ4n) is 1.36. The minimum Gasteiger partial charge on any atom is -0.364 e. The second-order valence-corrected chi connectivity index (χ2v) is 3.72. The topological polar surface area (TPSA) is 44.1 Å². The lowest BCUT2D eigenvalue weighted by Crippen LogP contribution is -2.21. The van der Waals surface area contributed by atoms with Crippen LogP contribution in [0.15, 0.2) is 6.07 Å². The Hall–Kier alpha value is -1.37. The number of rotatable bonds is 5. The molecule has 0 aromatic carbocycles. The standard InChI is InChI=1S/C10H13F3N2O2/c1-7-3-8(15(2)14-7)4-9(16)5-17-6-10(11,12)13/h3H,4-6H2,1-2H3. The molecule has 0 N–H and O–H groups in total. The van der Waals surface area contributed by atoms with Crippen LogP contribution in [0, 0.1) is 6.92 Å². The Kier molecular flexibility index (Phi) is 4.28. The summed E-state index contributed by atoms with van der Waals surface area (Å²) in [7, 11) is 1.67. The molecule has 0 aliphatic rings. The predicted molar refractivity (Wildman–Crippen MR) is 53.5 cm³/mol. The zero-order chi connectivity index (χ0) is 13.1. The van der Waals surface area contributed by atoms with Crippen molar-refractivity contribution >= 4 is 5.78 Å². The second-order valence-electron chi connectivity index (χ2n) is 3.72. The zero-order valence-corrected chi connectivity index (χ0v) is 9.54. The lowest BCUT2D eigenvalue weighted by Gasteiger charge is -2.06. The molecule has 0 saturated carbocycles. The molecular formula is C10H13F3N2O2. The number of carbonyl (C=O) groups excluding carboxylic acids is 1. The van der Waals surface area contributed by atoms with E-state index in [1.54, 1.807) is 20.0 Å². The summed E-state index contributed by atoms with van der Waals surface area (Å²) in [6.45, 7) is -0.166. The second kappa shape index (κ2) is 5.31. The van der Waals surface area contributed by atoms with Crippen molar-refractivity contribution in [2.24, 2.45) is 7.05 Å². The summed E-state index contributed by atoms with van der Waals surface area (Å²) >= 11 is 0. The Labute approximate surface area is 96.4 Å². The predicted octanol–water partition coefficient (Wildman–Crippen LogP) is 1.42. The molecule has 0 fully saturated rings. The highest BCUT2D eigenvalue weighted by molar-refractivity contribution is 5.81. The third kappa shape index (κ3) is 4.99. The summed E-state index contributed by atoms with van der Waals surface area (Å²) in [5.74, 6) is -0.405.